The Balaban J connectivity index is 1.66. The smallest absolute Gasteiger partial charge is 0.253 e. The second-order valence-electron chi connectivity index (χ2n) is 7.84. The minimum atomic E-state index is -0.459. The predicted octanol–water partition coefficient (Wildman–Crippen LogP) is 3.52. The van der Waals surface area contributed by atoms with Crippen molar-refractivity contribution in [2.45, 2.75) is 32.7 Å². The van der Waals surface area contributed by atoms with E-state index in [9.17, 15) is 19.1 Å². The molecule has 2 amide bonds. The number of halogens is 1. The number of fused-ring (bicyclic) bond motifs is 1. The van der Waals surface area contributed by atoms with Crippen molar-refractivity contribution < 1.29 is 19.1 Å². The van der Waals surface area contributed by atoms with Crippen LogP contribution in [-0.2, 0) is 16.1 Å². The van der Waals surface area contributed by atoms with Crippen LogP contribution in [0.3, 0.4) is 0 Å². The minimum absolute atomic E-state index is 0.0186. The third-order valence-corrected chi connectivity index (χ3v) is 5.70. The molecule has 1 aliphatic rings. The predicted molar refractivity (Wildman–Crippen MR) is 117 cm³/mol. The number of aryl methyl sites for hydroxylation is 2. The van der Waals surface area contributed by atoms with Crippen LogP contribution in [0.2, 0.25) is 0 Å². The van der Waals surface area contributed by atoms with Crippen LogP contribution < -0.4 is 10.6 Å². The van der Waals surface area contributed by atoms with Gasteiger partial charge in [-0.25, -0.2) is 4.39 Å². The first-order valence-electron chi connectivity index (χ1n) is 10.1. The van der Waals surface area contributed by atoms with Gasteiger partial charge in [-0.2, -0.15) is 0 Å². The highest BCUT2D eigenvalue weighted by Gasteiger charge is 2.29. The number of hydrogen-bond acceptors (Lipinski definition) is 3. The molecular formula is C24H24FN3O3. The average molecular weight is 421 g/mol. The number of anilines is 1. The van der Waals surface area contributed by atoms with Crippen molar-refractivity contribution in [3.63, 3.8) is 0 Å². The molecule has 0 saturated carbocycles. The molecule has 0 aliphatic carbocycles. The Hall–Kier alpha value is -3.45. The molecule has 1 aliphatic heterocycles. The van der Waals surface area contributed by atoms with Gasteiger partial charge in [-0.1, -0.05) is 12.1 Å². The average Bonchev–Trinajstić information content (AvgIpc) is 3.03. The lowest BCUT2D eigenvalue weighted by Gasteiger charge is -2.24. The zero-order chi connectivity index (χ0) is 22.1. The molecule has 3 aromatic rings. The zero-order valence-corrected chi connectivity index (χ0v) is 17.4. The van der Waals surface area contributed by atoms with Crippen molar-refractivity contribution in [3.05, 3.63) is 76.9 Å². The number of aromatic nitrogens is 1. The molecule has 2 aromatic carbocycles. The lowest BCUT2D eigenvalue weighted by molar-refractivity contribution is -0.121. The van der Waals surface area contributed by atoms with Crippen LogP contribution in [0.4, 0.5) is 10.1 Å². The van der Waals surface area contributed by atoms with E-state index in [1.165, 1.54) is 18.3 Å². The highest BCUT2D eigenvalue weighted by molar-refractivity contribution is 6.07. The van der Waals surface area contributed by atoms with Gasteiger partial charge in [-0.05, 0) is 54.8 Å². The van der Waals surface area contributed by atoms with E-state index >= 15 is 0 Å². The number of benzene rings is 2. The topological polar surface area (TPSA) is 83.4 Å². The van der Waals surface area contributed by atoms with Crippen molar-refractivity contribution in [3.8, 4) is 0 Å². The molecule has 160 valence electrons. The van der Waals surface area contributed by atoms with E-state index < -0.39 is 5.92 Å². The molecule has 4 rings (SSSR count). The van der Waals surface area contributed by atoms with Gasteiger partial charge in [0.05, 0.1) is 12.1 Å². The summed E-state index contributed by atoms with van der Waals surface area (Å²) in [5.41, 5.74) is 4.70. The van der Waals surface area contributed by atoms with Gasteiger partial charge in [0.1, 0.15) is 5.82 Å². The maximum absolute atomic E-state index is 13.3. The standard InChI is InChI=1S/C24H24FN3O3/c1-14-9-18-15(2)13-28(7-8-29)22(18)11-21(14)27-24(31)20-12-26-23(30)10-19(20)16-3-5-17(25)6-4-16/h3-6,9,11-13,19,29H,7-8,10H2,1-2H3,(H,26,30)(H,27,31). The molecule has 0 spiro atoms. The van der Waals surface area contributed by atoms with Gasteiger partial charge in [0.2, 0.25) is 5.91 Å². The first-order chi connectivity index (χ1) is 14.9. The number of amides is 2. The number of carbonyl (C=O) groups excluding carboxylic acids is 2. The summed E-state index contributed by atoms with van der Waals surface area (Å²) in [6.45, 7) is 4.42. The largest absolute Gasteiger partial charge is 0.395 e. The summed E-state index contributed by atoms with van der Waals surface area (Å²) in [6.07, 6.45) is 3.53. The van der Waals surface area contributed by atoms with E-state index in [-0.39, 0.29) is 30.7 Å². The van der Waals surface area contributed by atoms with E-state index in [1.54, 1.807) is 12.1 Å². The Morgan fingerprint density at radius 1 is 1.23 bits per heavy atom. The number of nitrogens with zero attached hydrogens (tertiary/aromatic N) is 1. The maximum atomic E-state index is 13.3. The Kier molecular flexibility index (Phi) is 5.61. The molecule has 0 saturated heterocycles. The Morgan fingerprint density at radius 3 is 2.68 bits per heavy atom. The third kappa shape index (κ3) is 4.09. The van der Waals surface area contributed by atoms with Crippen molar-refractivity contribution in [2.75, 3.05) is 11.9 Å². The van der Waals surface area contributed by atoms with Crippen molar-refractivity contribution >= 4 is 28.4 Å². The van der Waals surface area contributed by atoms with Crippen molar-refractivity contribution in [1.82, 2.24) is 9.88 Å². The number of aliphatic hydroxyl groups is 1. The number of rotatable bonds is 5. The second-order valence-corrected chi connectivity index (χ2v) is 7.84. The fourth-order valence-corrected chi connectivity index (χ4v) is 4.07. The zero-order valence-electron chi connectivity index (χ0n) is 17.4. The lowest BCUT2D eigenvalue weighted by Crippen LogP contribution is -2.32. The van der Waals surface area contributed by atoms with E-state index in [4.69, 9.17) is 0 Å². The van der Waals surface area contributed by atoms with E-state index in [0.29, 0.717) is 23.4 Å². The quantitative estimate of drug-likeness (QED) is 0.590. The normalized spacial score (nSPS) is 16.2. The van der Waals surface area contributed by atoms with Crippen LogP contribution in [0.5, 0.6) is 0 Å². The summed E-state index contributed by atoms with van der Waals surface area (Å²) in [6, 6.07) is 9.77. The second kappa shape index (κ2) is 8.35. The van der Waals surface area contributed by atoms with Gasteiger partial charge in [0.15, 0.2) is 0 Å². The van der Waals surface area contributed by atoms with Gasteiger partial charge in [0.25, 0.3) is 5.91 Å². The molecule has 0 radical (unpaired) electrons. The summed E-state index contributed by atoms with van der Waals surface area (Å²) in [5, 5.41) is 16.0. The molecule has 31 heavy (non-hydrogen) atoms. The van der Waals surface area contributed by atoms with Crippen molar-refractivity contribution in [2.24, 2.45) is 0 Å². The number of nitrogens with one attached hydrogen (secondary N) is 2. The molecule has 2 heterocycles. The van der Waals surface area contributed by atoms with Gasteiger partial charge in [-0.3, -0.25) is 9.59 Å². The molecule has 0 fully saturated rings. The van der Waals surface area contributed by atoms with E-state index in [2.05, 4.69) is 10.6 Å². The highest BCUT2D eigenvalue weighted by atomic mass is 19.1. The minimum Gasteiger partial charge on any atom is -0.395 e. The molecule has 1 unspecified atom stereocenters. The number of carbonyl (C=O) groups is 2. The van der Waals surface area contributed by atoms with Crippen LogP contribution >= 0.6 is 0 Å². The van der Waals surface area contributed by atoms with Gasteiger partial charge in [-0.15, -0.1) is 0 Å². The Bertz CT molecular complexity index is 1190. The fourth-order valence-electron chi connectivity index (χ4n) is 4.07. The first-order valence-corrected chi connectivity index (χ1v) is 10.1. The number of aliphatic hydroxyl groups excluding tert-OH is 1. The molecule has 0 bridgehead atoms. The number of hydrogen-bond donors (Lipinski definition) is 3. The van der Waals surface area contributed by atoms with Crippen LogP contribution in [-0.4, -0.2) is 28.1 Å². The van der Waals surface area contributed by atoms with Crippen LogP contribution in [0.15, 0.2) is 54.4 Å². The van der Waals surface area contributed by atoms with Crippen LogP contribution in [0, 0.1) is 19.7 Å². The summed E-state index contributed by atoms with van der Waals surface area (Å²) in [4.78, 5) is 25.1. The van der Waals surface area contributed by atoms with Crippen LogP contribution in [0.25, 0.3) is 10.9 Å². The van der Waals surface area contributed by atoms with Gasteiger partial charge in [0, 0.05) is 47.9 Å². The van der Waals surface area contributed by atoms with Crippen molar-refractivity contribution in [1.29, 1.82) is 0 Å². The molecule has 1 aromatic heterocycles. The highest BCUT2D eigenvalue weighted by Crippen LogP contribution is 2.32. The Labute approximate surface area is 179 Å². The summed E-state index contributed by atoms with van der Waals surface area (Å²) in [7, 11) is 0. The monoisotopic (exact) mass is 421 g/mol. The molecular weight excluding hydrogens is 397 g/mol. The molecule has 1 atom stereocenters. The van der Waals surface area contributed by atoms with Gasteiger partial charge < -0.3 is 20.3 Å². The molecule has 3 N–H and O–H groups in total. The fraction of sp³-hybridized carbons (Fsp3) is 0.250. The first kappa shape index (κ1) is 20.8. The maximum Gasteiger partial charge on any atom is 0.253 e. The molecule has 6 nitrogen and oxygen atoms in total. The summed E-state index contributed by atoms with van der Waals surface area (Å²) < 4.78 is 15.3. The summed E-state index contributed by atoms with van der Waals surface area (Å²) >= 11 is 0. The third-order valence-electron chi connectivity index (χ3n) is 5.70. The van der Waals surface area contributed by atoms with Crippen LogP contribution in [0.1, 0.15) is 29.0 Å². The molecule has 7 heteroatoms. The van der Waals surface area contributed by atoms with Gasteiger partial charge >= 0.3 is 0 Å². The Morgan fingerprint density at radius 2 is 1.97 bits per heavy atom. The SMILES string of the molecule is Cc1cc2c(C)cn(CCO)c2cc1NC(=O)C1=CNC(=O)CC1c1ccc(F)cc1. The van der Waals surface area contributed by atoms with E-state index in [0.717, 1.165) is 22.0 Å². The lowest BCUT2D eigenvalue weighted by atomic mass is 9.86. The summed E-state index contributed by atoms with van der Waals surface area (Å²) in [5.74, 6) is -1.35. The van der Waals surface area contributed by atoms with E-state index in [1.807, 2.05) is 36.7 Å².